The minimum atomic E-state index is -1.32. The van der Waals surface area contributed by atoms with Crippen LogP contribution in [0.1, 0.15) is 50.7 Å². The number of ether oxygens (including phenoxy) is 1. The van der Waals surface area contributed by atoms with Crippen molar-refractivity contribution in [3.8, 4) is 5.75 Å². The summed E-state index contributed by atoms with van der Waals surface area (Å²) in [5, 5.41) is 14.4. The molecule has 3 rings (SSSR count). The molecule has 1 aromatic heterocycles. The lowest BCUT2D eigenvalue weighted by Gasteiger charge is -2.22. The van der Waals surface area contributed by atoms with E-state index in [1.54, 1.807) is 12.1 Å². The Morgan fingerprint density at radius 2 is 1.96 bits per heavy atom. The van der Waals surface area contributed by atoms with Crippen LogP contribution in [0.3, 0.4) is 0 Å². The van der Waals surface area contributed by atoms with E-state index in [1.807, 2.05) is 13.0 Å². The van der Waals surface area contributed by atoms with Gasteiger partial charge in [0.25, 0.3) is 5.91 Å². The molecule has 2 atom stereocenters. The molecule has 1 aromatic carbocycles. The van der Waals surface area contributed by atoms with Gasteiger partial charge in [0, 0.05) is 17.0 Å². The molecule has 1 aliphatic carbocycles. The van der Waals surface area contributed by atoms with Crippen LogP contribution in [0.15, 0.2) is 27.4 Å². The summed E-state index contributed by atoms with van der Waals surface area (Å²) in [7, 11) is 0. The fraction of sp³-hybridized carbons (Fsp3) is 0.476. The minimum absolute atomic E-state index is 0.285. The second kappa shape index (κ2) is 8.46. The number of rotatable bonds is 7. The number of aliphatic carboxylic acids is 1. The lowest BCUT2D eigenvalue weighted by Crippen LogP contribution is -2.51. The van der Waals surface area contributed by atoms with E-state index >= 15 is 0 Å². The maximum atomic E-state index is 12.2. The first-order valence-corrected chi connectivity index (χ1v) is 9.67. The van der Waals surface area contributed by atoms with Gasteiger partial charge >= 0.3 is 5.63 Å². The third-order valence-electron chi connectivity index (χ3n) is 5.06. The number of fused-ring (bicyclic) bond motifs is 3. The summed E-state index contributed by atoms with van der Waals surface area (Å²) in [5.74, 6) is -1.50. The number of carbonyl (C=O) groups is 2. The molecule has 0 fully saturated rings. The standard InChI is InChI=1S/C21H25NO6/c1-3-6-17(20(24)25)22-19(23)12(2)27-13-9-10-15-14-7-4-5-8-16(14)21(26)28-18(15)11-13/h9-12,17H,3-8H2,1-2H3,(H,22,23)(H,24,25)/p-1/t12-,17+/m1/s1. The van der Waals surface area contributed by atoms with E-state index in [-0.39, 0.29) is 12.0 Å². The molecule has 2 aromatic rings. The highest BCUT2D eigenvalue weighted by atomic mass is 16.5. The van der Waals surface area contributed by atoms with Crippen LogP contribution < -0.4 is 20.8 Å². The topological polar surface area (TPSA) is 109 Å². The van der Waals surface area contributed by atoms with Gasteiger partial charge in [0.1, 0.15) is 11.3 Å². The van der Waals surface area contributed by atoms with Gasteiger partial charge in [0.15, 0.2) is 6.10 Å². The Bertz CT molecular complexity index is 948. The first-order valence-electron chi connectivity index (χ1n) is 9.67. The highest BCUT2D eigenvalue weighted by Crippen LogP contribution is 2.29. The molecule has 7 nitrogen and oxygen atoms in total. The number of nitrogens with one attached hydrogen (secondary N) is 1. The predicted molar refractivity (Wildman–Crippen MR) is 101 cm³/mol. The molecule has 0 radical (unpaired) electrons. The molecule has 0 bridgehead atoms. The van der Waals surface area contributed by atoms with Crippen molar-refractivity contribution in [3.05, 3.63) is 39.7 Å². The molecule has 7 heteroatoms. The molecule has 0 aliphatic heterocycles. The van der Waals surface area contributed by atoms with Gasteiger partial charge in [-0.3, -0.25) is 4.79 Å². The molecule has 1 heterocycles. The SMILES string of the molecule is CCC[C@H](NC(=O)[C@@H](C)Oc1ccc2c3c(c(=O)oc2c1)CCCC3)C(=O)[O-]. The average molecular weight is 386 g/mol. The Labute approximate surface area is 162 Å². The van der Waals surface area contributed by atoms with E-state index in [9.17, 15) is 19.5 Å². The summed E-state index contributed by atoms with van der Waals surface area (Å²) in [6.45, 7) is 3.35. The number of hydrogen-bond acceptors (Lipinski definition) is 6. The van der Waals surface area contributed by atoms with Crippen molar-refractivity contribution in [1.82, 2.24) is 5.32 Å². The van der Waals surface area contributed by atoms with Crippen LogP contribution in [0.2, 0.25) is 0 Å². The quantitative estimate of drug-likeness (QED) is 0.722. The van der Waals surface area contributed by atoms with E-state index in [1.165, 1.54) is 6.92 Å². The summed E-state index contributed by atoms with van der Waals surface area (Å²) in [6, 6.07) is 4.11. The molecular weight excluding hydrogens is 362 g/mol. The van der Waals surface area contributed by atoms with Crippen LogP contribution >= 0.6 is 0 Å². The molecule has 1 aliphatic rings. The normalized spacial score (nSPS) is 15.5. The van der Waals surface area contributed by atoms with Crippen molar-refractivity contribution in [3.63, 3.8) is 0 Å². The van der Waals surface area contributed by atoms with E-state index in [0.29, 0.717) is 17.8 Å². The lowest BCUT2D eigenvalue weighted by molar-refractivity contribution is -0.308. The van der Waals surface area contributed by atoms with Gasteiger partial charge in [-0.15, -0.1) is 0 Å². The second-order valence-corrected chi connectivity index (χ2v) is 7.14. The molecular formula is C21H24NO6-. The Morgan fingerprint density at radius 3 is 2.64 bits per heavy atom. The zero-order valence-corrected chi connectivity index (χ0v) is 16.1. The van der Waals surface area contributed by atoms with E-state index in [4.69, 9.17) is 9.15 Å². The zero-order valence-electron chi connectivity index (χ0n) is 16.1. The molecule has 150 valence electrons. The summed E-state index contributed by atoms with van der Waals surface area (Å²) >= 11 is 0. The van der Waals surface area contributed by atoms with Crippen molar-refractivity contribution in [2.24, 2.45) is 0 Å². The fourth-order valence-electron chi connectivity index (χ4n) is 3.58. The zero-order chi connectivity index (χ0) is 20.3. The Balaban J connectivity index is 1.78. The number of hydrogen-bond donors (Lipinski definition) is 1. The van der Waals surface area contributed by atoms with Gasteiger partial charge < -0.3 is 24.4 Å². The van der Waals surface area contributed by atoms with Crippen LogP contribution in [0, 0.1) is 0 Å². The Hall–Kier alpha value is -2.83. The van der Waals surface area contributed by atoms with E-state index in [2.05, 4.69) is 5.32 Å². The van der Waals surface area contributed by atoms with Crippen molar-refractivity contribution < 1.29 is 23.8 Å². The van der Waals surface area contributed by atoms with Gasteiger partial charge in [-0.2, -0.15) is 0 Å². The molecule has 0 saturated carbocycles. The molecule has 28 heavy (non-hydrogen) atoms. The molecule has 1 amide bonds. The number of aryl methyl sites for hydroxylation is 1. The number of carboxylic acid groups (broad SMARTS) is 1. The van der Waals surface area contributed by atoms with Gasteiger partial charge in [0.05, 0.1) is 12.0 Å². The fourth-order valence-corrected chi connectivity index (χ4v) is 3.58. The summed E-state index contributed by atoms with van der Waals surface area (Å²) < 4.78 is 11.1. The number of benzene rings is 1. The first-order chi connectivity index (χ1) is 13.4. The minimum Gasteiger partial charge on any atom is -0.548 e. The Morgan fingerprint density at radius 1 is 1.25 bits per heavy atom. The van der Waals surface area contributed by atoms with Gasteiger partial charge in [0.2, 0.25) is 0 Å². The maximum absolute atomic E-state index is 12.2. The van der Waals surface area contributed by atoms with E-state index in [0.717, 1.165) is 42.2 Å². The predicted octanol–water partition coefficient (Wildman–Crippen LogP) is 1.47. The second-order valence-electron chi connectivity index (χ2n) is 7.14. The average Bonchev–Trinajstić information content (AvgIpc) is 2.67. The molecule has 0 spiro atoms. The van der Waals surface area contributed by atoms with Crippen molar-refractivity contribution in [1.29, 1.82) is 0 Å². The smallest absolute Gasteiger partial charge is 0.339 e. The maximum Gasteiger partial charge on any atom is 0.339 e. The summed E-state index contributed by atoms with van der Waals surface area (Å²) in [4.78, 5) is 35.6. The molecule has 0 saturated heterocycles. The van der Waals surface area contributed by atoms with Crippen LogP contribution in [0.25, 0.3) is 11.0 Å². The summed E-state index contributed by atoms with van der Waals surface area (Å²) in [6.07, 6.45) is 3.58. The monoisotopic (exact) mass is 386 g/mol. The third kappa shape index (κ3) is 4.18. The van der Waals surface area contributed by atoms with Crippen LogP contribution in [-0.4, -0.2) is 24.0 Å². The van der Waals surface area contributed by atoms with E-state index < -0.39 is 24.0 Å². The Kier molecular flexibility index (Phi) is 6.02. The lowest BCUT2D eigenvalue weighted by atomic mass is 9.91. The van der Waals surface area contributed by atoms with Crippen LogP contribution in [-0.2, 0) is 22.4 Å². The van der Waals surface area contributed by atoms with Gasteiger partial charge in [-0.1, -0.05) is 13.3 Å². The van der Waals surface area contributed by atoms with Crippen molar-refractivity contribution in [2.45, 2.75) is 64.5 Å². The highest BCUT2D eigenvalue weighted by Gasteiger charge is 2.21. The van der Waals surface area contributed by atoms with Crippen LogP contribution in [0.4, 0.5) is 0 Å². The first kappa shape index (κ1) is 19.9. The molecule has 1 N–H and O–H groups in total. The number of carbonyl (C=O) groups excluding carboxylic acids is 2. The van der Waals surface area contributed by atoms with Crippen LogP contribution in [0.5, 0.6) is 5.75 Å². The van der Waals surface area contributed by atoms with Gasteiger partial charge in [-0.05, 0) is 56.7 Å². The van der Waals surface area contributed by atoms with Crippen molar-refractivity contribution >= 4 is 22.8 Å². The highest BCUT2D eigenvalue weighted by molar-refractivity contribution is 5.86. The number of amides is 1. The largest absolute Gasteiger partial charge is 0.548 e. The third-order valence-corrected chi connectivity index (χ3v) is 5.06. The van der Waals surface area contributed by atoms with Gasteiger partial charge in [-0.25, -0.2) is 4.79 Å². The number of carboxylic acids is 1. The van der Waals surface area contributed by atoms with Crippen molar-refractivity contribution in [2.75, 3.05) is 0 Å². The molecule has 0 unspecified atom stereocenters. The summed E-state index contributed by atoms with van der Waals surface area (Å²) in [5.41, 5.74) is 1.89.